The zero-order valence-corrected chi connectivity index (χ0v) is 11.5. The molecule has 0 aromatic rings. The van der Waals surface area contributed by atoms with Gasteiger partial charge >= 0.3 is 0 Å². The van der Waals surface area contributed by atoms with Gasteiger partial charge in [-0.2, -0.15) is 0 Å². The third-order valence-electron chi connectivity index (χ3n) is 3.78. The first-order valence-corrected chi connectivity index (χ1v) is 6.41. The summed E-state index contributed by atoms with van der Waals surface area (Å²) in [5.74, 6) is 0.773. The molecule has 94 valence electrons. The highest BCUT2D eigenvalue weighted by Gasteiger charge is 2.40. The molecule has 0 saturated heterocycles. The molecule has 1 rings (SSSR count). The maximum absolute atomic E-state index is 5.90. The minimum Gasteiger partial charge on any atom is -0.376 e. The minimum absolute atomic E-state index is 0.00366. The molecule has 16 heavy (non-hydrogen) atoms. The third-order valence-corrected chi connectivity index (χ3v) is 3.78. The van der Waals surface area contributed by atoms with E-state index in [1.807, 2.05) is 14.2 Å². The van der Waals surface area contributed by atoms with Crippen LogP contribution in [0.3, 0.4) is 0 Å². The van der Waals surface area contributed by atoms with Crippen LogP contribution in [0.4, 0.5) is 0 Å². The van der Waals surface area contributed by atoms with E-state index in [1.165, 1.54) is 31.3 Å². The molecule has 1 saturated carbocycles. The molecule has 0 aromatic carbocycles. The summed E-state index contributed by atoms with van der Waals surface area (Å²) in [6.45, 7) is 6.64. The maximum Gasteiger partial charge on any atom is 0.0869 e. The van der Waals surface area contributed by atoms with Crippen molar-refractivity contribution >= 4 is 0 Å². The maximum atomic E-state index is 5.90. The van der Waals surface area contributed by atoms with Crippen LogP contribution < -0.4 is 5.32 Å². The van der Waals surface area contributed by atoms with E-state index in [0.29, 0.717) is 6.04 Å². The van der Waals surface area contributed by atoms with E-state index in [9.17, 15) is 0 Å². The fourth-order valence-corrected chi connectivity index (χ4v) is 2.97. The molecule has 1 aliphatic carbocycles. The van der Waals surface area contributed by atoms with Crippen LogP contribution in [0.1, 0.15) is 46.5 Å². The first-order chi connectivity index (χ1) is 7.54. The molecule has 1 N–H and O–H groups in total. The Labute approximate surface area is 100 Å². The van der Waals surface area contributed by atoms with Crippen LogP contribution in [0.15, 0.2) is 11.6 Å². The van der Waals surface area contributed by atoms with Gasteiger partial charge in [0.25, 0.3) is 0 Å². The van der Waals surface area contributed by atoms with Crippen LogP contribution in [0.5, 0.6) is 0 Å². The standard InChI is InChI=1S/C14H27NO/c1-11(2)9-13(15-4)14(16-5)8-6-7-12(3)10-14/h9,12-13,15H,6-8,10H2,1-5H3. The summed E-state index contributed by atoms with van der Waals surface area (Å²) in [5, 5.41) is 3.41. The number of rotatable bonds is 4. The van der Waals surface area contributed by atoms with Crippen LogP contribution in [-0.4, -0.2) is 25.8 Å². The first-order valence-electron chi connectivity index (χ1n) is 6.41. The fraction of sp³-hybridized carbons (Fsp3) is 0.857. The van der Waals surface area contributed by atoms with E-state index in [4.69, 9.17) is 4.74 Å². The van der Waals surface area contributed by atoms with Crippen LogP contribution in [0.25, 0.3) is 0 Å². The lowest BCUT2D eigenvalue weighted by Gasteiger charge is -2.43. The molecule has 3 atom stereocenters. The lowest BCUT2D eigenvalue weighted by molar-refractivity contribution is -0.0670. The van der Waals surface area contributed by atoms with Crippen LogP contribution in [-0.2, 0) is 4.74 Å². The normalized spacial score (nSPS) is 32.2. The average Bonchev–Trinajstić information content (AvgIpc) is 2.25. The predicted molar refractivity (Wildman–Crippen MR) is 69.7 cm³/mol. The molecular weight excluding hydrogens is 198 g/mol. The number of likely N-dealkylation sites (N-methyl/N-ethyl adjacent to an activating group) is 1. The molecular formula is C14H27NO. The van der Waals surface area contributed by atoms with Crippen molar-refractivity contribution in [3.05, 3.63) is 11.6 Å². The second-order valence-electron chi connectivity index (χ2n) is 5.48. The largest absolute Gasteiger partial charge is 0.376 e. The number of hydrogen-bond donors (Lipinski definition) is 1. The zero-order valence-electron chi connectivity index (χ0n) is 11.5. The topological polar surface area (TPSA) is 21.3 Å². The average molecular weight is 225 g/mol. The number of hydrogen-bond acceptors (Lipinski definition) is 2. The molecule has 2 heteroatoms. The molecule has 0 radical (unpaired) electrons. The first kappa shape index (κ1) is 13.7. The summed E-state index contributed by atoms with van der Waals surface area (Å²) in [7, 11) is 3.89. The van der Waals surface area contributed by atoms with Gasteiger partial charge in [0.2, 0.25) is 0 Å². The van der Waals surface area contributed by atoms with E-state index in [2.05, 4.69) is 32.2 Å². The number of allylic oxidation sites excluding steroid dienone is 1. The lowest BCUT2D eigenvalue weighted by Crippen LogP contribution is -2.52. The van der Waals surface area contributed by atoms with Gasteiger partial charge in [-0.1, -0.05) is 31.4 Å². The highest BCUT2D eigenvalue weighted by atomic mass is 16.5. The number of ether oxygens (including phenoxy) is 1. The van der Waals surface area contributed by atoms with E-state index >= 15 is 0 Å². The summed E-state index contributed by atoms with van der Waals surface area (Å²) >= 11 is 0. The lowest BCUT2D eigenvalue weighted by atomic mass is 9.74. The molecule has 0 heterocycles. The van der Waals surface area contributed by atoms with E-state index in [0.717, 1.165) is 5.92 Å². The molecule has 1 aliphatic rings. The summed E-state index contributed by atoms with van der Waals surface area (Å²) < 4.78 is 5.90. The Morgan fingerprint density at radius 1 is 1.50 bits per heavy atom. The third kappa shape index (κ3) is 3.08. The van der Waals surface area contributed by atoms with Gasteiger partial charge in [0, 0.05) is 7.11 Å². The molecule has 3 unspecified atom stereocenters. The van der Waals surface area contributed by atoms with E-state index in [1.54, 1.807) is 0 Å². The highest BCUT2D eigenvalue weighted by molar-refractivity contribution is 5.10. The van der Waals surface area contributed by atoms with Gasteiger partial charge in [0.05, 0.1) is 11.6 Å². The second kappa shape index (κ2) is 5.83. The van der Waals surface area contributed by atoms with Crippen molar-refractivity contribution in [1.29, 1.82) is 0 Å². The van der Waals surface area contributed by atoms with Crippen molar-refractivity contribution in [2.45, 2.75) is 58.1 Å². The van der Waals surface area contributed by atoms with Gasteiger partial charge < -0.3 is 10.1 Å². The Hall–Kier alpha value is -0.340. The Kier molecular flexibility index (Phi) is 5.00. The Morgan fingerprint density at radius 2 is 2.19 bits per heavy atom. The molecule has 2 nitrogen and oxygen atoms in total. The molecule has 1 fully saturated rings. The van der Waals surface area contributed by atoms with Crippen molar-refractivity contribution in [1.82, 2.24) is 5.32 Å². The molecule has 0 amide bonds. The van der Waals surface area contributed by atoms with Gasteiger partial charge in [-0.05, 0) is 39.7 Å². The van der Waals surface area contributed by atoms with Gasteiger partial charge in [0.1, 0.15) is 0 Å². The van der Waals surface area contributed by atoms with Gasteiger partial charge in [0.15, 0.2) is 0 Å². The van der Waals surface area contributed by atoms with E-state index < -0.39 is 0 Å². The predicted octanol–water partition coefficient (Wildman–Crippen LogP) is 3.14. The van der Waals surface area contributed by atoms with Crippen molar-refractivity contribution < 1.29 is 4.74 Å². The second-order valence-corrected chi connectivity index (χ2v) is 5.48. The summed E-state index contributed by atoms with van der Waals surface area (Å²) in [6, 6.07) is 0.338. The van der Waals surface area contributed by atoms with Crippen molar-refractivity contribution in [3.63, 3.8) is 0 Å². The minimum atomic E-state index is 0.00366. The zero-order chi connectivity index (χ0) is 12.2. The molecule has 0 spiro atoms. The van der Waals surface area contributed by atoms with Gasteiger partial charge in [-0.25, -0.2) is 0 Å². The Bertz CT molecular complexity index is 245. The smallest absolute Gasteiger partial charge is 0.0869 e. The van der Waals surface area contributed by atoms with Crippen LogP contribution in [0, 0.1) is 5.92 Å². The van der Waals surface area contributed by atoms with Crippen LogP contribution in [0.2, 0.25) is 0 Å². The Morgan fingerprint density at radius 3 is 2.62 bits per heavy atom. The summed E-state index contributed by atoms with van der Waals surface area (Å²) in [4.78, 5) is 0. The highest BCUT2D eigenvalue weighted by Crippen LogP contribution is 2.37. The SMILES string of the molecule is CNC(C=C(C)C)C1(OC)CCCC(C)C1. The summed E-state index contributed by atoms with van der Waals surface area (Å²) in [6.07, 6.45) is 7.27. The number of methoxy groups -OCH3 is 1. The molecule has 0 aromatic heterocycles. The fourth-order valence-electron chi connectivity index (χ4n) is 2.97. The Balaban J connectivity index is 2.87. The molecule has 0 bridgehead atoms. The van der Waals surface area contributed by atoms with Gasteiger partial charge in [-0.15, -0.1) is 0 Å². The van der Waals surface area contributed by atoms with Crippen molar-refractivity contribution in [2.75, 3.05) is 14.2 Å². The van der Waals surface area contributed by atoms with Crippen molar-refractivity contribution in [2.24, 2.45) is 5.92 Å². The quantitative estimate of drug-likeness (QED) is 0.742. The van der Waals surface area contributed by atoms with Crippen molar-refractivity contribution in [3.8, 4) is 0 Å². The summed E-state index contributed by atoms with van der Waals surface area (Å²) in [5.41, 5.74) is 1.36. The van der Waals surface area contributed by atoms with Gasteiger partial charge in [-0.3, -0.25) is 0 Å². The van der Waals surface area contributed by atoms with Crippen LogP contribution >= 0.6 is 0 Å². The number of nitrogens with one attached hydrogen (secondary N) is 1. The molecule has 0 aliphatic heterocycles. The monoisotopic (exact) mass is 225 g/mol. The van der Waals surface area contributed by atoms with E-state index in [-0.39, 0.29) is 5.60 Å².